The highest BCUT2D eigenvalue weighted by Crippen LogP contribution is 2.19. The number of carbonyl (C=O) groups excluding carboxylic acids is 1. The molecule has 164 valence electrons. The summed E-state index contributed by atoms with van der Waals surface area (Å²) in [6.07, 6.45) is 0.931. The molecule has 6 heteroatoms. The summed E-state index contributed by atoms with van der Waals surface area (Å²) < 4.78 is 0. The van der Waals surface area contributed by atoms with Crippen LogP contribution in [-0.2, 0) is 6.54 Å². The van der Waals surface area contributed by atoms with Gasteiger partial charge in [0, 0.05) is 44.3 Å². The Morgan fingerprint density at radius 1 is 1.06 bits per heavy atom. The van der Waals surface area contributed by atoms with Gasteiger partial charge in [0.05, 0.1) is 11.0 Å². The standard InChI is InChI=1S/C25H33N5O/c1-4-28(19(2)3)18-20-10-12-21(13-11-20)24(31)29-14-7-15-30(17-16-29)25-26-22-8-5-6-9-23(22)27-25/h5-6,8-13,19H,4,7,14-18H2,1-3H3,(H,26,27). The summed E-state index contributed by atoms with van der Waals surface area (Å²) in [7, 11) is 0. The Kier molecular flexibility index (Phi) is 6.56. The van der Waals surface area contributed by atoms with E-state index in [1.807, 2.05) is 41.3 Å². The average molecular weight is 420 g/mol. The lowest BCUT2D eigenvalue weighted by Crippen LogP contribution is -2.35. The number of carbonyl (C=O) groups is 1. The number of benzene rings is 2. The first kappa shape index (κ1) is 21.4. The van der Waals surface area contributed by atoms with Crippen molar-refractivity contribution in [1.82, 2.24) is 19.8 Å². The van der Waals surface area contributed by atoms with Crippen LogP contribution in [0.2, 0.25) is 0 Å². The third kappa shape index (κ3) is 4.90. The van der Waals surface area contributed by atoms with Gasteiger partial charge in [-0.3, -0.25) is 9.69 Å². The second kappa shape index (κ2) is 9.52. The van der Waals surface area contributed by atoms with Crippen LogP contribution in [0.3, 0.4) is 0 Å². The van der Waals surface area contributed by atoms with Crippen molar-refractivity contribution in [3.63, 3.8) is 0 Å². The minimum atomic E-state index is 0.120. The number of fused-ring (bicyclic) bond motifs is 1. The van der Waals surface area contributed by atoms with Crippen molar-refractivity contribution in [3.05, 3.63) is 59.7 Å². The van der Waals surface area contributed by atoms with Crippen LogP contribution in [0.1, 0.15) is 43.1 Å². The molecule has 1 aromatic heterocycles. The van der Waals surface area contributed by atoms with E-state index in [0.717, 1.165) is 61.7 Å². The van der Waals surface area contributed by atoms with Crippen LogP contribution in [0.4, 0.5) is 5.95 Å². The van der Waals surface area contributed by atoms with E-state index in [2.05, 4.69) is 47.7 Å². The summed E-state index contributed by atoms with van der Waals surface area (Å²) in [5.74, 6) is 1.01. The lowest BCUT2D eigenvalue weighted by Gasteiger charge is -2.25. The van der Waals surface area contributed by atoms with Crippen LogP contribution in [0.15, 0.2) is 48.5 Å². The molecule has 2 heterocycles. The summed E-state index contributed by atoms with van der Waals surface area (Å²) in [6, 6.07) is 16.7. The van der Waals surface area contributed by atoms with E-state index in [9.17, 15) is 4.79 Å². The zero-order chi connectivity index (χ0) is 21.8. The molecular formula is C25H33N5O. The number of anilines is 1. The lowest BCUT2D eigenvalue weighted by molar-refractivity contribution is 0.0767. The van der Waals surface area contributed by atoms with Crippen LogP contribution >= 0.6 is 0 Å². The fourth-order valence-electron chi connectivity index (χ4n) is 4.25. The van der Waals surface area contributed by atoms with Gasteiger partial charge in [0.1, 0.15) is 0 Å². The number of aromatic amines is 1. The summed E-state index contributed by atoms with van der Waals surface area (Å²) >= 11 is 0. The Hall–Kier alpha value is -2.86. The first-order chi connectivity index (χ1) is 15.0. The minimum Gasteiger partial charge on any atom is -0.341 e. The number of hydrogen-bond donors (Lipinski definition) is 1. The minimum absolute atomic E-state index is 0.120. The number of imidazole rings is 1. The highest BCUT2D eigenvalue weighted by molar-refractivity contribution is 5.94. The Balaban J connectivity index is 1.39. The van der Waals surface area contributed by atoms with Crippen molar-refractivity contribution in [2.45, 2.75) is 39.8 Å². The number of hydrogen-bond acceptors (Lipinski definition) is 4. The number of para-hydroxylation sites is 2. The maximum Gasteiger partial charge on any atom is 0.253 e. The summed E-state index contributed by atoms with van der Waals surface area (Å²) in [6.45, 7) is 11.7. The Bertz CT molecular complexity index is 977. The quantitative estimate of drug-likeness (QED) is 0.652. The van der Waals surface area contributed by atoms with Crippen molar-refractivity contribution in [2.75, 3.05) is 37.6 Å². The van der Waals surface area contributed by atoms with Gasteiger partial charge < -0.3 is 14.8 Å². The number of amides is 1. The van der Waals surface area contributed by atoms with Crippen molar-refractivity contribution < 1.29 is 4.79 Å². The largest absolute Gasteiger partial charge is 0.341 e. The van der Waals surface area contributed by atoms with Gasteiger partial charge in [-0.15, -0.1) is 0 Å². The smallest absolute Gasteiger partial charge is 0.253 e. The van der Waals surface area contributed by atoms with Crippen molar-refractivity contribution in [1.29, 1.82) is 0 Å². The number of H-pyrrole nitrogens is 1. The van der Waals surface area contributed by atoms with E-state index >= 15 is 0 Å². The number of nitrogens with zero attached hydrogens (tertiary/aromatic N) is 4. The van der Waals surface area contributed by atoms with E-state index in [4.69, 9.17) is 4.98 Å². The van der Waals surface area contributed by atoms with E-state index in [-0.39, 0.29) is 5.91 Å². The molecule has 0 atom stereocenters. The van der Waals surface area contributed by atoms with E-state index in [1.54, 1.807) is 0 Å². The SMILES string of the molecule is CCN(Cc1ccc(C(=O)N2CCCN(c3nc4ccccc4[nH]3)CC2)cc1)C(C)C. The Morgan fingerprint density at radius 3 is 2.55 bits per heavy atom. The van der Waals surface area contributed by atoms with Crippen LogP contribution in [0.25, 0.3) is 11.0 Å². The topological polar surface area (TPSA) is 55.5 Å². The molecule has 6 nitrogen and oxygen atoms in total. The van der Waals surface area contributed by atoms with Crippen molar-refractivity contribution in [3.8, 4) is 0 Å². The van der Waals surface area contributed by atoms with Crippen LogP contribution in [0, 0.1) is 0 Å². The molecule has 1 fully saturated rings. The van der Waals surface area contributed by atoms with E-state index < -0.39 is 0 Å². The summed E-state index contributed by atoms with van der Waals surface area (Å²) in [5, 5.41) is 0. The maximum absolute atomic E-state index is 13.1. The first-order valence-electron chi connectivity index (χ1n) is 11.4. The third-order valence-electron chi connectivity index (χ3n) is 6.18. The highest BCUT2D eigenvalue weighted by Gasteiger charge is 2.22. The molecule has 1 N–H and O–H groups in total. The fraction of sp³-hybridized carbons (Fsp3) is 0.440. The van der Waals surface area contributed by atoms with Crippen LogP contribution in [0.5, 0.6) is 0 Å². The zero-order valence-electron chi connectivity index (χ0n) is 18.8. The third-order valence-corrected chi connectivity index (χ3v) is 6.18. The molecule has 0 unspecified atom stereocenters. The molecule has 2 aromatic carbocycles. The molecule has 31 heavy (non-hydrogen) atoms. The average Bonchev–Trinajstić information content (AvgIpc) is 3.06. The van der Waals surface area contributed by atoms with Crippen LogP contribution < -0.4 is 4.90 Å². The van der Waals surface area contributed by atoms with Gasteiger partial charge in [-0.05, 0) is 56.6 Å². The predicted molar refractivity (Wildman–Crippen MR) is 126 cm³/mol. The second-order valence-corrected chi connectivity index (χ2v) is 8.56. The normalized spacial score (nSPS) is 15.1. The fourth-order valence-corrected chi connectivity index (χ4v) is 4.25. The first-order valence-corrected chi connectivity index (χ1v) is 11.4. The molecule has 0 aliphatic carbocycles. The number of nitrogens with one attached hydrogen (secondary N) is 1. The van der Waals surface area contributed by atoms with Gasteiger partial charge >= 0.3 is 0 Å². The second-order valence-electron chi connectivity index (χ2n) is 8.56. The van der Waals surface area contributed by atoms with Gasteiger partial charge in [0.2, 0.25) is 5.95 Å². The Labute approximate surface area is 184 Å². The molecule has 1 amide bonds. The highest BCUT2D eigenvalue weighted by atomic mass is 16.2. The molecule has 0 spiro atoms. The van der Waals surface area contributed by atoms with E-state index in [0.29, 0.717) is 12.6 Å². The molecular weight excluding hydrogens is 386 g/mol. The van der Waals surface area contributed by atoms with Gasteiger partial charge in [-0.1, -0.05) is 31.2 Å². The van der Waals surface area contributed by atoms with Gasteiger partial charge in [0.25, 0.3) is 5.91 Å². The number of aromatic nitrogens is 2. The molecule has 0 radical (unpaired) electrons. The zero-order valence-corrected chi connectivity index (χ0v) is 18.8. The Morgan fingerprint density at radius 2 is 1.84 bits per heavy atom. The maximum atomic E-state index is 13.1. The molecule has 1 aliphatic heterocycles. The van der Waals surface area contributed by atoms with E-state index in [1.165, 1.54) is 5.56 Å². The van der Waals surface area contributed by atoms with Gasteiger partial charge in [-0.25, -0.2) is 4.98 Å². The molecule has 3 aromatic rings. The number of rotatable bonds is 6. The van der Waals surface area contributed by atoms with Crippen LogP contribution in [-0.4, -0.2) is 64.4 Å². The van der Waals surface area contributed by atoms with Crippen molar-refractivity contribution >= 4 is 22.9 Å². The molecule has 0 bridgehead atoms. The van der Waals surface area contributed by atoms with Gasteiger partial charge in [-0.2, -0.15) is 0 Å². The predicted octanol–water partition coefficient (Wildman–Crippen LogP) is 4.15. The monoisotopic (exact) mass is 419 g/mol. The van der Waals surface area contributed by atoms with Crippen molar-refractivity contribution in [2.24, 2.45) is 0 Å². The molecule has 0 saturated carbocycles. The lowest BCUT2D eigenvalue weighted by atomic mass is 10.1. The van der Waals surface area contributed by atoms with Gasteiger partial charge in [0.15, 0.2) is 0 Å². The molecule has 1 aliphatic rings. The molecule has 4 rings (SSSR count). The molecule has 1 saturated heterocycles. The summed E-state index contributed by atoms with van der Waals surface area (Å²) in [4.78, 5) is 27.9. The summed E-state index contributed by atoms with van der Waals surface area (Å²) in [5.41, 5.74) is 4.05.